The molecule has 6 heteroatoms. The predicted octanol–water partition coefficient (Wildman–Crippen LogP) is 9.84. The van der Waals surface area contributed by atoms with E-state index in [1.807, 2.05) is 36.4 Å². The van der Waals surface area contributed by atoms with Crippen LogP contribution in [-0.2, 0) is 0 Å². The minimum absolute atomic E-state index is 0.580. The largest absolute Gasteiger partial charge is 0.309 e. The Morgan fingerprint density at radius 1 is 0.417 bits per heavy atom. The highest BCUT2D eigenvalue weighted by Gasteiger charge is 2.41. The summed E-state index contributed by atoms with van der Waals surface area (Å²) >= 11 is 0. The molecule has 284 valence electrons. The normalized spacial score (nSPS) is 11.5. The highest BCUT2D eigenvalue weighted by atomic mass is 28.3. The molecule has 8 aromatic carbocycles. The first-order valence-corrected chi connectivity index (χ1v) is 22.2. The monoisotopic (exact) mass is 785 g/mol. The molecule has 0 fully saturated rings. The second-order valence-electron chi connectivity index (χ2n) is 15.4. The minimum Gasteiger partial charge on any atom is -0.309 e. The van der Waals surface area contributed by atoms with Crippen LogP contribution in [0, 0.1) is 25.2 Å². The molecule has 0 aliphatic heterocycles. The second-order valence-corrected chi connectivity index (χ2v) is 19.2. The van der Waals surface area contributed by atoms with Gasteiger partial charge in [0.1, 0.15) is 0 Å². The van der Waals surface area contributed by atoms with Crippen LogP contribution in [-0.4, -0.2) is 27.6 Å². The van der Waals surface area contributed by atoms with Gasteiger partial charge in [0.05, 0.1) is 22.7 Å². The lowest BCUT2D eigenvalue weighted by molar-refractivity contribution is 1.07. The van der Waals surface area contributed by atoms with Crippen LogP contribution >= 0.6 is 0 Å². The number of aryl methyl sites for hydroxylation is 2. The number of benzene rings is 8. The van der Waals surface area contributed by atoms with E-state index in [2.05, 4.69) is 188 Å². The lowest BCUT2D eigenvalue weighted by Crippen LogP contribution is -2.74. The van der Waals surface area contributed by atoms with E-state index in [-0.39, 0.29) is 0 Å². The van der Waals surface area contributed by atoms with Gasteiger partial charge in [-0.05, 0) is 95.3 Å². The summed E-state index contributed by atoms with van der Waals surface area (Å²) in [7, 11) is -2.82. The van der Waals surface area contributed by atoms with Crippen molar-refractivity contribution in [2.24, 2.45) is 0 Å². The Balaban J connectivity index is 1.21. The van der Waals surface area contributed by atoms with Gasteiger partial charge in [-0.1, -0.05) is 151 Å². The summed E-state index contributed by atoms with van der Waals surface area (Å²) in [6, 6.07) is 73.2. The van der Waals surface area contributed by atoms with Gasteiger partial charge in [0.2, 0.25) is 0 Å². The van der Waals surface area contributed by atoms with Gasteiger partial charge in [-0.25, -0.2) is 15.0 Å². The summed E-state index contributed by atoms with van der Waals surface area (Å²) in [6.07, 6.45) is 0. The minimum atomic E-state index is -2.82. The van der Waals surface area contributed by atoms with Crippen molar-refractivity contribution >= 4 is 50.6 Å². The van der Waals surface area contributed by atoms with E-state index in [4.69, 9.17) is 15.0 Å². The van der Waals surface area contributed by atoms with E-state index in [9.17, 15) is 5.26 Å². The SMILES string of the molecule is Cc1cc(C)cc(-c2nc(-c3cccc([Si](c4ccccc4)(c4ccccc4)c4ccccc4)c3)nc(-c3ccc4c(c3)c3cc(C#N)ccc3n4-c3ccccc3)n2)c1. The maximum absolute atomic E-state index is 9.92. The third kappa shape index (κ3) is 6.38. The van der Waals surface area contributed by atoms with Crippen molar-refractivity contribution in [3.05, 3.63) is 217 Å². The van der Waals surface area contributed by atoms with Gasteiger partial charge in [0.15, 0.2) is 25.5 Å². The van der Waals surface area contributed by atoms with Crippen LogP contribution in [0.1, 0.15) is 16.7 Å². The molecule has 2 aromatic heterocycles. The fourth-order valence-corrected chi connectivity index (χ4v) is 13.7. The Hall–Kier alpha value is -7.72. The van der Waals surface area contributed by atoms with Crippen molar-refractivity contribution in [2.75, 3.05) is 0 Å². The number of fused-ring (bicyclic) bond motifs is 3. The molecular weight excluding hydrogens is 747 g/mol. The summed E-state index contributed by atoms with van der Waals surface area (Å²) in [5, 5.41) is 17.1. The van der Waals surface area contributed by atoms with Gasteiger partial charge in [-0.3, -0.25) is 0 Å². The van der Waals surface area contributed by atoms with Crippen molar-refractivity contribution in [3.63, 3.8) is 0 Å². The van der Waals surface area contributed by atoms with Gasteiger partial charge in [-0.15, -0.1) is 0 Å². The van der Waals surface area contributed by atoms with E-state index in [1.165, 1.54) is 20.7 Å². The average molecular weight is 786 g/mol. The Morgan fingerprint density at radius 3 is 1.43 bits per heavy atom. The van der Waals surface area contributed by atoms with Gasteiger partial charge < -0.3 is 4.57 Å². The molecule has 0 radical (unpaired) electrons. The molecule has 0 bridgehead atoms. The van der Waals surface area contributed by atoms with Crippen molar-refractivity contribution < 1.29 is 0 Å². The standard InChI is InChI=1S/C54H39N5Si/c1-37-30-38(2)32-42(31-37)54-57-52(40-16-15-25-47(34-40)60(44-19-9-4-10-20-44,45-21-11-5-12-22-45)46-23-13-6-14-24-46)56-53(58-54)41-27-29-51-49(35-41)48-33-39(36-55)26-28-50(48)59(51)43-17-7-3-8-18-43/h3-35H,1-2H3. The fraction of sp³-hybridized carbons (Fsp3) is 0.0370. The summed E-state index contributed by atoms with van der Waals surface area (Å²) in [4.78, 5) is 15.8. The van der Waals surface area contributed by atoms with E-state index < -0.39 is 8.07 Å². The summed E-state index contributed by atoms with van der Waals surface area (Å²) in [5.74, 6) is 1.80. The first-order chi connectivity index (χ1) is 29.5. The number of nitrogens with zero attached hydrogens (tertiary/aromatic N) is 5. The maximum Gasteiger partial charge on any atom is 0.179 e. The molecule has 0 saturated heterocycles. The molecule has 10 aromatic rings. The van der Waals surface area contributed by atoms with Crippen molar-refractivity contribution in [1.29, 1.82) is 5.26 Å². The number of rotatable bonds is 8. The highest BCUT2D eigenvalue weighted by Crippen LogP contribution is 2.36. The quantitative estimate of drug-likeness (QED) is 0.114. The summed E-state index contributed by atoms with van der Waals surface area (Å²) in [6.45, 7) is 4.21. The zero-order chi connectivity index (χ0) is 40.6. The first kappa shape index (κ1) is 36.6. The van der Waals surface area contributed by atoms with Crippen LogP contribution in [0.2, 0.25) is 0 Å². The maximum atomic E-state index is 9.92. The molecule has 5 nitrogen and oxygen atoms in total. The van der Waals surface area contributed by atoms with Crippen LogP contribution < -0.4 is 20.7 Å². The van der Waals surface area contributed by atoms with Crippen molar-refractivity contribution in [2.45, 2.75) is 13.8 Å². The number of nitriles is 1. The van der Waals surface area contributed by atoms with Crippen LogP contribution in [0.4, 0.5) is 0 Å². The van der Waals surface area contributed by atoms with Gasteiger partial charge >= 0.3 is 0 Å². The molecule has 60 heavy (non-hydrogen) atoms. The summed E-state index contributed by atoms with van der Waals surface area (Å²) in [5.41, 5.74) is 8.74. The Labute approximate surface area is 350 Å². The van der Waals surface area contributed by atoms with Crippen LogP contribution in [0.5, 0.6) is 0 Å². The molecule has 0 spiro atoms. The fourth-order valence-electron chi connectivity index (χ4n) is 8.91. The first-order valence-electron chi connectivity index (χ1n) is 20.2. The Kier molecular flexibility index (Phi) is 9.29. The van der Waals surface area contributed by atoms with Gasteiger partial charge in [0, 0.05) is 33.2 Å². The number of hydrogen-bond acceptors (Lipinski definition) is 4. The van der Waals surface area contributed by atoms with Crippen LogP contribution in [0.25, 0.3) is 61.7 Å². The lowest BCUT2D eigenvalue weighted by atomic mass is 10.1. The second kappa shape index (κ2) is 15.2. The molecule has 0 saturated carbocycles. The Morgan fingerprint density at radius 2 is 0.883 bits per heavy atom. The summed E-state index contributed by atoms with van der Waals surface area (Å²) < 4.78 is 2.25. The smallest absolute Gasteiger partial charge is 0.179 e. The molecule has 0 aliphatic rings. The van der Waals surface area contributed by atoms with E-state index in [0.717, 1.165) is 55.3 Å². The van der Waals surface area contributed by atoms with Crippen LogP contribution in [0.3, 0.4) is 0 Å². The zero-order valence-electron chi connectivity index (χ0n) is 33.3. The third-order valence-electron chi connectivity index (χ3n) is 11.5. The molecule has 0 aliphatic carbocycles. The van der Waals surface area contributed by atoms with Crippen molar-refractivity contribution in [3.8, 4) is 45.9 Å². The van der Waals surface area contributed by atoms with Gasteiger partial charge in [-0.2, -0.15) is 5.26 Å². The molecule has 0 atom stereocenters. The third-order valence-corrected chi connectivity index (χ3v) is 16.2. The number of para-hydroxylation sites is 1. The lowest BCUT2D eigenvalue weighted by Gasteiger charge is -2.34. The molecule has 0 amide bonds. The molecule has 10 rings (SSSR count). The Bertz CT molecular complexity index is 3110. The predicted molar refractivity (Wildman–Crippen MR) is 248 cm³/mol. The van der Waals surface area contributed by atoms with Crippen molar-refractivity contribution in [1.82, 2.24) is 19.5 Å². The number of hydrogen-bond donors (Lipinski definition) is 0. The molecule has 0 unspecified atom stereocenters. The van der Waals surface area contributed by atoms with Gasteiger partial charge in [0.25, 0.3) is 0 Å². The van der Waals surface area contributed by atoms with Crippen LogP contribution in [0.15, 0.2) is 200 Å². The topological polar surface area (TPSA) is 67.4 Å². The average Bonchev–Trinajstić information content (AvgIpc) is 3.63. The highest BCUT2D eigenvalue weighted by molar-refractivity contribution is 7.19. The van der Waals surface area contributed by atoms with E-state index in [1.54, 1.807) is 0 Å². The molecule has 0 N–H and O–H groups in total. The van der Waals surface area contributed by atoms with E-state index in [0.29, 0.717) is 23.0 Å². The molecule has 2 heterocycles. The van der Waals surface area contributed by atoms with E-state index >= 15 is 0 Å². The zero-order valence-corrected chi connectivity index (χ0v) is 34.3. The molecular formula is C54H39N5Si. The number of aromatic nitrogens is 4.